The van der Waals surface area contributed by atoms with Gasteiger partial charge in [-0.25, -0.2) is 9.59 Å². The van der Waals surface area contributed by atoms with Crippen molar-refractivity contribution in [2.75, 3.05) is 32.7 Å². The molecule has 0 radical (unpaired) electrons. The van der Waals surface area contributed by atoms with Gasteiger partial charge >= 0.3 is 12.1 Å². The third-order valence-corrected chi connectivity index (χ3v) is 10.1. The molecule has 3 aliphatic heterocycles. The first kappa shape index (κ1) is 35.1. The van der Waals surface area contributed by atoms with Gasteiger partial charge in [0.2, 0.25) is 5.56 Å². The quantitative estimate of drug-likeness (QED) is 0.0917. The molecule has 1 amide bonds. The van der Waals surface area contributed by atoms with Crippen LogP contribution in [-0.4, -0.2) is 76.1 Å². The van der Waals surface area contributed by atoms with Crippen LogP contribution in [0, 0.1) is 5.92 Å². The standard InChI is InChI=1S/C39H46N4O7/c44-32-16-14-28(30-15-17-35(46)41-37(30)32)33(45)23-40-20-7-2-1-6-11-27-29(12-8-13-31(27)38(47)48)36(26-9-4-3-5-10-26)42-39(49)50-34-24-43-21-18-25(34)19-22-43/h3-5,8-10,12-17,25,33-34,36,40,44-45H,1-2,6-7,11,18-24H2,(H,41,46)(H,42,49)(H,47,48). The van der Waals surface area contributed by atoms with Crippen LogP contribution in [0.5, 0.6) is 5.75 Å². The number of aromatic carboxylic acids is 1. The number of carboxylic acid groups (broad SMARTS) is 1. The van der Waals surface area contributed by atoms with E-state index < -0.39 is 24.2 Å². The van der Waals surface area contributed by atoms with Gasteiger partial charge in [-0.3, -0.25) is 9.69 Å². The molecule has 11 nitrogen and oxygen atoms in total. The Kier molecular flexibility index (Phi) is 11.5. The van der Waals surface area contributed by atoms with Crippen molar-refractivity contribution < 1.29 is 29.6 Å². The zero-order valence-electron chi connectivity index (χ0n) is 28.1. The number of aromatic hydroxyl groups is 1. The van der Waals surface area contributed by atoms with Crippen LogP contribution in [-0.2, 0) is 11.2 Å². The number of carboxylic acids is 1. The molecule has 11 heteroatoms. The Hall–Kier alpha value is -4.71. The average molecular weight is 683 g/mol. The molecule has 6 N–H and O–H groups in total. The predicted octanol–water partition coefficient (Wildman–Crippen LogP) is 5.27. The molecular formula is C39H46N4O7. The maximum atomic E-state index is 13.4. The molecule has 0 saturated carbocycles. The number of benzene rings is 3. The number of alkyl carbamates (subject to hydrolysis) is 1. The van der Waals surface area contributed by atoms with Crippen LogP contribution in [0.15, 0.2) is 77.6 Å². The number of nitrogens with zero attached hydrogens (tertiary/aromatic N) is 1. The van der Waals surface area contributed by atoms with E-state index in [9.17, 15) is 29.7 Å². The lowest BCUT2D eigenvalue weighted by atomic mass is 9.86. The smallest absolute Gasteiger partial charge is 0.408 e. The Morgan fingerprint density at radius 2 is 1.70 bits per heavy atom. The normalized spacial score (nSPS) is 19.6. The maximum absolute atomic E-state index is 13.4. The number of carbonyl (C=O) groups is 2. The van der Waals surface area contributed by atoms with Gasteiger partial charge in [0.1, 0.15) is 11.9 Å². The fraction of sp³-hybridized carbons (Fsp3) is 0.410. The topological polar surface area (TPSA) is 164 Å². The molecule has 4 aromatic rings. The molecule has 7 rings (SSSR count). The molecule has 4 heterocycles. The number of pyridine rings is 1. The molecule has 3 aromatic carbocycles. The van der Waals surface area contributed by atoms with Gasteiger partial charge in [-0.05, 0) is 98.1 Å². The van der Waals surface area contributed by atoms with E-state index in [-0.39, 0.29) is 23.0 Å². The summed E-state index contributed by atoms with van der Waals surface area (Å²) in [5.41, 5.74) is 3.14. The number of aromatic amines is 1. The van der Waals surface area contributed by atoms with Crippen LogP contribution in [0.2, 0.25) is 0 Å². The number of rotatable bonds is 15. The van der Waals surface area contributed by atoms with Crippen LogP contribution in [0.3, 0.4) is 0 Å². The molecule has 3 unspecified atom stereocenters. The summed E-state index contributed by atoms with van der Waals surface area (Å²) in [7, 11) is 0. The predicted molar refractivity (Wildman–Crippen MR) is 190 cm³/mol. The Morgan fingerprint density at radius 3 is 2.44 bits per heavy atom. The second-order valence-corrected chi connectivity index (χ2v) is 13.4. The Balaban J connectivity index is 1.05. The lowest BCUT2D eigenvalue weighted by Crippen LogP contribution is -2.52. The minimum atomic E-state index is -1.00. The van der Waals surface area contributed by atoms with Crippen molar-refractivity contribution in [1.29, 1.82) is 0 Å². The van der Waals surface area contributed by atoms with Crippen molar-refractivity contribution in [3.8, 4) is 5.75 Å². The zero-order chi connectivity index (χ0) is 35.0. The highest BCUT2D eigenvalue weighted by atomic mass is 16.6. The Bertz CT molecular complexity index is 1840. The molecular weight excluding hydrogens is 636 g/mol. The number of H-pyrrole nitrogens is 1. The number of aromatic nitrogens is 1. The first-order chi connectivity index (χ1) is 24.3. The van der Waals surface area contributed by atoms with Crippen molar-refractivity contribution in [3.63, 3.8) is 0 Å². The molecule has 3 saturated heterocycles. The number of amides is 1. The van der Waals surface area contributed by atoms with Crippen molar-refractivity contribution in [1.82, 2.24) is 20.5 Å². The van der Waals surface area contributed by atoms with E-state index in [0.717, 1.165) is 69.3 Å². The van der Waals surface area contributed by atoms with Gasteiger partial charge in [-0.15, -0.1) is 0 Å². The van der Waals surface area contributed by atoms with Crippen molar-refractivity contribution in [2.45, 2.75) is 63.2 Å². The van der Waals surface area contributed by atoms with Gasteiger partial charge in [0.25, 0.3) is 0 Å². The highest BCUT2D eigenvalue weighted by Crippen LogP contribution is 2.32. The van der Waals surface area contributed by atoms with Crippen molar-refractivity contribution in [3.05, 3.63) is 111 Å². The highest BCUT2D eigenvalue weighted by Gasteiger charge is 2.37. The molecule has 1 aromatic heterocycles. The molecule has 0 aliphatic carbocycles. The molecule has 2 bridgehead atoms. The fourth-order valence-corrected chi connectivity index (χ4v) is 7.48. The molecule has 264 valence electrons. The summed E-state index contributed by atoms with van der Waals surface area (Å²) < 4.78 is 5.98. The van der Waals surface area contributed by atoms with Crippen LogP contribution in [0.25, 0.3) is 10.9 Å². The SMILES string of the molecule is O=C(NC(c1ccccc1)c1cccc(C(=O)O)c1CCCCCCNCC(O)c1ccc(O)c2[nH]c(=O)ccc12)OC1CN2CCC1CC2. The Morgan fingerprint density at radius 1 is 0.920 bits per heavy atom. The summed E-state index contributed by atoms with van der Waals surface area (Å²) in [5, 5.41) is 38.0. The van der Waals surface area contributed by atoms with E-state index in [2.05, 4.69) is 20.5 Å². The van der Waals surface area contributed by atoms with Gasteiger partial charge in [-0.2, -0.15) is 0 Å². The van der Waals surface area contributed by atoms with Gasteiger partial charge in [-0.1, -0.05) is 61.4 Å². The number of fused-ring (bicyclic) bond motifs is 4. The maximum Gasteiger partial charge on any atom is 0.408 e. The summed E-state index contributed by atoms with van der Waals surface area (Å²) in [6.45, 7) is 3.84. The molecule has 3 atom stereocenters. The Labute approximate surface area is 291 Å². The van der Waals surface area contributed by atoms with Crippen molar-refractivity contribution in [2.24, 2.45) is 5.92 Å². The highest BCUT2D eigenvalue weighted by molar-refractivity contribution is 5.90. The van der Waals surface area contributed by atoms with Crippen molar-refractivity contribution >= 4 is 23.0 Å². The fourth-order valence-electron chi connectivity index (χ4n) is 7.48. The number of aliphatic hydroxyl groups excluding tert-OH is 1. The number of phenolic OH excluding ortho intramolecular Hbond substituents is 1. The third-order valence-electron chi connectivity index (χ3n) is 10.1. The molecule has 3 fully saturated rings. The monoisotopic (exact) mass is 682 g/mol. The largest absolute Gasteiger partial charge is 0.506 e. The zero-order valence-corrected chi connectivity index (χ0v) is 28.1. The second-order valence-electron chi connectivity index (χ2n) is 13.4. The summed E-state index contributed by atoms with van der Waals surface area (Å²) >= 11 is 0. The van der Waals surface area contributed by atoms with Gasteiger partial charge < -0.3 is 35.7 Å². The van der Waals surface area contributed by atoms with Crippen LogP contribution >= 0.6 is 0 Å². The van der Waals surface area contributed by atoms with Gasteiger partial charge in [0, 0.05) is 24.5 Å². The number of hydrogen-bond donors (Lipinski definition) is 6. The number of carbonyl (C=O) groups excluding carboxylic acids is 1. The number of ether oxygens (including phenoxy) is 1. The number of nitrogens with one attached hydrogen (secondary N) is 3. The number of unbranched alkanes of at least 4 members (excludes halogenated alkanes) is 3. The van der Waals surface area contributed by atoms with E-state index >= 15 is 0 Å². The number of piperidine rings is 3. The number of hydrogen-bond acceptors (Lipinski definition) is 8. The molecule has 3 aliphatic rings. The minimum absolute atomic E-state index is 0.0475. The van der Waals surface area contributed by atoms with E-state index in [1.54, 1.807) is 24.3 Å². The first-order valence-corrected chi connectivity index (χ1v) is 17.6. The van der Waals surface area contributed by atoms with Crippen LogP contribution in [0.4, 0.5) is 4.79 Å². The van der Waals surface area contributed by atoms with Gasteiger partial charge in [0.15, 0.2) is 0 Å². The number of aliphatic hydroxyl groups is 1. The first-order valence-electron chi connectivity index (χ1n) is 17.6. The molecule has 0 spiro atoms. The molecule has 50 heavy (non-hydrogen) atoms. The average Bonchev–Trinajstić information content (AvgIpc) is 3.12. The summed E-state index contributed by atoms with van der Waals surface area (Å²) in [5.74, 6) is -0.674. The lowest BCUT2D eigenvalue weighted by Gasteiger charge is -2.44. The van der Waals surface area contributed by atoms with E-state index in [4.69, 9.17) is 4.74 Å². The van der Waals surface area contributed by atoms with E-state index in [1.807, 2.05) is 36.4 Å². The van der Waals surface area contributed by atoms with E-state index in [1.165, 1.54) is 12.1 Å². The lowest BCUT2D eigenvalue weighted by molar-refractivity contribution is -0.0336. The third kappa shape index (κ3) is 8.35. The summed E-state index contributed by atoms with van der Waals surface area (Å²) in [6, 6.07) is 20.4. The van der Waals surface area contributed by atoms with Crippen LogP contribution < -0.4 is 16.2 Å². The van der Waals surface area contributed by atoms with E-state index in [0.29, 0.717) is 47.5 Å². The van der Waals surface area contributed by atoms with Crippen LogP contribution in [0.1, 0.15) is 83.3 Å². The summed E-state index contributed by atoms with van der Waals surface area (Å²) in [6.07, 6.45) is 4.56. The number of phenols is 1. The minimum Gasteiger partial charge on any atom is -0.506 e. The summed E-state index contributed by atoms with van der Waals surface area (Å²) in [4.78, 5) is 42.4. The van der Waals surface area contributed by atoms with Gasteiger partial charge in [0.05, 0.1) is 23.2 Å². The second kappa shape index (κ2) is 16.3.